The van der Waals surface area contributed by atoms with Crippen LogP contribution in [0.4, 0.5) is 5.69 Å². The van der Waals surface area contributed by atoms with Gasteiger partial charge in [0, 0.05) is 30.8 Å². The number of carbonyl (C=O) groups is 3. The van der Waals surface area contributed by atoms with Gasteiger partial charge in [-0.3, -0.25) is 14.4 Å². The highest BCUT2D eigenvalue weighted by Gasteiger charge is 2.78. The number of benzene rings is 1. The molecule has 1 aromatic rings. The van der Waals surface area contributed by atoms with Crippen molar-refractivity contribution in [3.63, 3.8) is 0 Å². The fraction of sp³-hybridized carbons (Fsp3) is 0.536. The summed E-state index contributed by atoms with van der Waals surface area (Å²) >= 11 is 6.09. The first-order valence-corrected chi connectivity index (χ1v) is 13.1. The summed E-state index contributed by atoms with van der Waals surface area (Å²) in [5, 5.41) is 10.8. The highest BCUT2D eigenvalue weighted by molar-refractivity contribution is 6.30. The third kappa shape index (κ3) is 4.19. The predicted octanol–water partition coefficient (Wildman–Crippen LogP) is 3.04. The van der Waals surface area contributed by atoms with Crippen LogP contribution >= 0.6 is 11.6 Å². The number of amides is 3. The van der Waals surface area contributed by atoms with Crippen LogP contribution in [0.3, 0.4) is 0 Å². The molecule has 3 fully saturated rings. The molecule has 6 atom stereocenters. The van der Waals surface area contributed by atoms with Crippen molar-refractivity contribution < 1.29 is 24.2 Å². The van der Waals surface area contributed by atoms with Gasteiger partial charge in [-0.2, -0.15) is 0 Å². The molecule has 37 heavy (non-hydrogen) atoms. The van der Waals surface area contributed by atoms with Crippen LogP contribution in [0.5, 0.6) is 0 Å². The van der Waals surface area contributed by atoms with E-state index in [-0.39, 0.29) is 30.9 Å². The lowest BCUT2D eigenvalue weighted by Gasteiger charge is -2.39. The van der Waals surface area contributed by atoms with Crippen molar-refractivity contribution in [2.75, 3.05) is 31.6 Å². The standard InChI is InChI=1S/C28H36ClN3O5/c1-6-15-30(5)24(34)21-22-25(35)32(19(8-3)17-33)23(28(22)14-13-27(21,4)37-28)26(36)31(16-7-2)20-11-9-18(29)10-12-20/h6-7,9-12,19,21-23,33H,1-2,8,13-17H2,3-5H3/t19-,21-,22-,23?,27+,28?/m0/s1. The van der Waals surface area contributed by atoms with E-state index in [4.69, 9.17) is 16.3 Å². The minimum Gasteiger partial charge on any atom is -0.394 e. The van der Waals surface area contributed by atoms with Gasteiger partial charge in [-0.05, 0) is 50.5 Å². The monoisotopic (exact) mass is 529 g/mol. The molecule has 0 aliphatic carbocycles. The first-order valence-electron chi connectivity index (χ1n) is 12.8. The minimum atomic E-state index is -1.17. The lowest BCUT2D eigenvalue weighted by Crippen LogP contribution is -2.59. The third-order valence-electron chi connectivity index (χ3n) is 8.29. The summed E-state index contributed by atoms with van der Waals surface area (Å²) in [6.07, 6.45) is 4.72. The molecule has 3 aliphatic heterocycles. The number of rotatable bonds is 10. The average Bonchev–Trinajstić information content (AvgIpc) is 3.44. The lowest BCUT2D eigenvalue weighted by molar-refractivity contribution is -0.151. The number of aliphatic hydroxyl groups excluding tert-OH is 1. The van der Waals surface area contributed by atoms with Gasteiger partial charge in [-0.1, -0.05) is 30.7 Å². The van der Waals surface area contributed by atoms with E-state index in [1.54, 1.807) is 53.3 Å². The summed E-state index contributed by atoms with van der Waals surface area (Å²) in [6.45, 7) is 11.5. The fourth-order valence-corrected chi connectivity index (χ4v) is 6.69. The lowest BCUT2D eigenvalue weighted by atomic mass is 9.66. The van der Waals surface area contributed by atoms with Crippen molar-refractivity contribution in [3.05, 3.63) is 54.6 Å². The first kappa shape index (κ1) is 27.4. The molecule has 1 spiro atoms. The SMILES string of the molecule is C=CCN(C)C(=O)[C@@H]1[C@H]2C(=O)N([C@@H](CC)CO)C(C(=O)N(CC=C)c3ccc(Cl)cc3)C23CC[C@@]1(C)O3. The van der Waals surface area contributed by atoms with E-state index >= 15 is 0 Å². The van der Waals surface area contributed by atoms with Crippen molar-refractivity contribution in [2.45, 2.75) is 56.4 Å². The Balaban J connectivity index is 1.84. The second kappa shape index (κ2) is 10.2. The Morgan fingerprint density at radius 3 is 2.43 bits per heavy atom. The van der Waals surface area contributed by atoms with Gasteiger partial charge < -0.3 is 24.5 Å². The molecule has 2 bridgehead atoms. The molecule has 1 aromatic carbocycles. The van der Waals surface area contributed by atoms with Gasteiger partial charge in [0.05, 0.1) is 30.1 Å². The highest BCUT2D eigenvalue weighted by atomic mass is 35.5. The Kier molecular flexibility index (Phi) is 7.57. The average molecular weight is 530 g/mol. The molecular weight excluding hydrogens is 494 g/mol. The van der Waals surface area contributed by atoms with E-state index in [1.807, 2.05) is 13.8 Å². The molecule has 8 nitrogen and oxygen atoms in total. The zero-order valence-corrected chi connectivity index (χ0v) is 22.5. The van der Waals surface area contributed by atoms with E-state index in [0.717, 1.165) is 0 Å². The summed E-state index contributed by atoms with van der Waals surface area (Å²) < 4.78 is 6.68. The van der Waals surface area contributed by atoms with Crippen molar-refractivity contribution in [2.24, 2.45) is 11.8 Å². The zero-order chi connectivity index (χ0) is 27.1. The van der Waals surface area contributed by atoms with Gasteiger partial charge in [0.1, 0.15) is 11.6 Å². The Labute approximate surface area is 223 Å². The van der Waals surface area contributed by atoms with Crippen molar-refractivity contribution in [1.29, 1.82) is 0 Å². The van der Waals surface area contributed by atoms with Crippen molar-refractivity contribution in [1.82, 2.24) is 9.80 Å². The molecule has 3 saturated heterocycles. The number of hydrogen-bond acceptors (Lipinski definition) is 5. The normalized spacial score (nSPS) is 30.7. The van der Waals surface area contributed by atoms with Crippen LogP contribution in [0.2, 0.25) is 5.02 Å². The van der Waals surface area contributed by atoms with Crippen LogP contribution in [0, 0.1) is 11.8 Å². The molecule has 0 aromatic heterocycles. The van der Waals surface area contributed by atoms with E-state index in [1.165, 1.54) is 4.90 Å². The van der Waals surface area contributed by atoms with E-state index in [0.29, 0.717) is 36.5 Å². The van der Waals surface area contributed by atoms with Gasteiger partial charge in [-0.25, -0.2) is 0 Å². The smallest absolute Gasteiger partial charge is 0.253 e. The van der Waals surface area contributed by atoms with Crippen LogP contribution < -0.4 is 4.90 Å². The number of hydrogen-bond donors (Lipinski definition) is 1. The van der Waals surface area contributed by atoms with Crippen molar-refractivity contribution in [3.8, 4) is 0 Å². The van der Waals surface area contributed by atoms with E-state index < -0.39 is 35.1 Å². The van der Waals surface area contributed by atoms with Crippen LogP contribution in [-0.4, -0.2) is 82.7 Å². The number of ether oxygens (including phenoxy) is 1. The number of halogens is 1. The molecule has 2 unspecified atom stereocenters. The Morgan fingerprint density at radius 2 is 1.86 bits per heavy atom. The second-order valence-corrected chi connectivity index (χ2v) is 10.9. The summed E-state index contributed by atoms with van der Waals surface area (Å²) in [4.78, 5) is 46.9. The number of likely N-dealkylation sites (N-methyl/N-ethyl adjacent to an activating group) is 1. The Morgan fingerprint density at radius 1 is 1.22 bits per heavy atom. The quantitative estimate of drug-likeness (QED) is 0.470. The van der Waals surface area contributed by atoms with Crippen LogP contribution in [0.1, 0.15) is 33.1 Å². The number of carbonyl (C=O) groups excluding carboxylic acids is 3. The van der Waals surface area contributed by atoms with Gasteiger partial charge >= 0.3 is 0 Å². The van der Waals surface area contributed by atoms with Gasteiger partial charge in [-0.15, -0.1) is 13.2 Å². The van der Waals surface area contributed by atoms with Crippen molar-refractivity contribution >= 4 is 35.0 Å². The minimum absolute atomic E-state index is 0.201. The summed E-state index contributed by atoms with van der Waals surface area (Å²) in [7, 11) is 1.68. The van der Waals surface area contributed by atoms with Crippen LogP contribution in [-0.2, 0) is 19.1 Å². The Bertz CT molecular complexity index is 1090. The topological polar surface area (TPSA) is 90.4 Å². The van der Waals surface area contributed by atoms with Gasteiger partial charge in [0.15, 0.2) is 0 Å². The molecule has 9 heteroatoms. The number of aliphatic hydroxyl groups is 1. The molecule has 3 aliphatic rings. The summed E-state index contributed by atoms with van der Waals surface area (Å²) in [5.74, 6) is -2.41. The number of fused-ring (bicyclic) bond motifs is 1. The molecular formula is C28H36ClN3O5. The fourth-order valence-electron chi connectivity index (χ4n) is 6.57. The molecule has 0 radical (unpaired) electrons. The number of anilines is 1. The first-order chi connectivity index (χ1) is 17.6. The number of nitrogens with zero attached hydrogens (tertiary/aromatic N) is 3. The molecule has 3 amide bonds. The maximum atomic E-state index is 14.4. The maximum Gasteiger partial charge on any atom is 0.253 e. The molecule has 3 heterocycles. The summed E-state index contributed by atoms with van der Waals surface area (Å²) in [6, 6.07) is 5.30. The molecule has 0 saturated carbocycles. The van der Waals surface area contributed by atoms with Gasteiger partial charge in [0.25, 0.3) is 5.91 Å². The highest BCUT2D eigenvalue weighted by Crippen LogP contribution is 2.64. The van der Waals surface area contributed by atoms with Crippen LogP contribution in [0.15, 0.2) is 49.6 Å². The number of likely N-dealkylation sites (tertiary alicyclic amines) is 1. The molecule has 4 rings (SSSR count). The van der Waals surface area contributed by atoms with Crippen LogP contribution in [0.25, 0.3) is 0 Å². The predicted molar refractivity (Wildman–Crippen MR) is 142 cm³/mol. The maximum absolute atomic E-state index is 14.4. The van der Waals surface area contributed by atoms with Gasteiger partial charge in [0.2, 0.25) is 11.8 Å². The summed E-state index contributed by atoms with van der Waals surface area (Å²) in [5.41, 5.74) is -1.44. The third-order valence-corrected chi connectivity index (χ3v) is 8.54. The molecule has 200 valence electrons. The molecule has 1 N–H and O–H groups in total. The Hall–Kier alpha value is -2.68. The second-order valence-electron chi connectivity index (χ2n) is 10.4. The zero-order valence-electron chi connectivity index (χ0n) is 21.7. The largest absolute Gasteiger partial charge is 0.394 e. The van der Waals surface area contributed by atoms with E-state index in [2.05, 4.69) is 13.2 Å². The van der Waals surface area contributed by atoms with E-state index in [9.17, 15) is 19.5 Å².